The Kier molecular flexibility index (Phi) is 4.27. The number of hydrogen-bond acceptors (Lipinski definition) is 3. The van der Waals surface area contributed by atoms with Gasteiger partial charge in [0.2, 0.25) is 5.91 Å². The smallest absolute Gasteiger partial charge is 0.337 e. The van der Waals surface area contributed by atoms with Gasteiger partial charge in [0.1, 0.15) is 5.82 Å². The zero-order valence-corrected chi connectivity index (χ0v) is 9.58. The molecule has 6 heteroatoms. The highest BCUT2D eigenvalue weighted by Crippen LogP contribution is 2.17. The van der Waals surface area contributed by atoms with Crippen molar-refractivity contribution in [1.29, 1.82) is 0 Å². The lowest BCUT2D eigenvalue weighted by Crippen LogP contribution is -2.19. The number of rotatable bonds is 2. The van der Waals surface area contributed by atoms with Crippen molar-refractivity contribution in [2.45, 2.75) is 6.92 Å². The average molecular weight is 250 g/mol. The maximum atomic E-state index is 13.4. The largest absolute Gasteiger partial charge is 0.478 e. The van der Waals surface area contributed by atoms with Crippen molar-refractivity contribution in [2.75, 3.05) is 12.3 Å². The van der Waals surface area contributed by atoms with Crippen molar-refractivity contribution in [3.63, 3.8) is 0 Å². The first-order valence-corrected chi connectivity index (χ1v) is 4.97. The van der Waals surface area contributed by atoms with E-state index in [1.165, 1.54) is 6.92 Å². The molecule has 1 aromatic rings. The summed E-state index contributed by atoms with van der Waals surface area (Å²) in [5, 5.41) is 11.2. The number of nitrogens with one attached hydrogen (secondary N) is 1. The second-order valence-corrected chi connectivity index (χ2v) is 3.44. The van der Waals surface area contributed by atoms with Gasteiger partial charge in [-0.1, -0.05) is 11.8 Å². The third-order valence-corrected chi connectivity index (χ3v) is 2.02. The van der Waals surface area contributed by atoms with Crippen LogP contribution in [0.5, 0.6) is 0 Å². The minimum atomic E-state index is -1.25. The first-order valence-electron chi connectivity index (χ1n) is 4.97. The Morgan fingerprint density at radius 2 is 2.17 bits per heavy atom. The fraction of sp³-hybridized carbons (Fsp3) is 0.167. The van der Waals surface area contributed by atoms with Crippen molar-refractivity contribution >= 4 is 17.6 Å². The summed E-state index contributed by atoms with van der Waals surface area (Å²) in [6.07, 6.45) is 0. The number of aromatic carboxylic acids is 1. The molecule has 0 fully saturated rings. The first kappa shape index (κ1) is 13.5. The zero-order chi connectivity index (χ0) is 13.7. The molecule has 4 N–H and O–H groups in total. The second-order valence-electron chi connectivity index (χ2n) is 3.44. The third-order valence-electron chi connectivity index (χ3n) is 2.02. The Balaban J connectivity index is 2.98. The van der Waals surface area contributed by atoms with E-state index in [0.717, 1.165) is 12.1 Å². The molecule has 5 nitrogen and oxygen atoms in total. The lowest BCUT2D eigenvalue weighted by Gasteiger charge is -2.02. The Labute approximate surface area is 103 Å². The number of amides is 1. The summed E-state index contributed by atoms with van der Waals surface area (Å²) in [7, 11) is 0. The Bertz CT molecular complexity index is 558. The minimum Gasteiger partial charge on any atom is -0.478 e. The highest BCUT2D eigenvalue weighted by atomic mass is 19.1. The molecule has 18 heavy (non-hydrogen) atoms. The number of anilines is 1. The summed E-state index contributed by atoms with van der Waals surface area (Å²) in [5.41, 5.74) is 4.91. The molecule has 0 saturated heterocycles. The number of carbonyl (C=O) groups is 2. The van der Waals surface area contributed by atoms with Crippen molar-refractivity contribution in [1.82, 2.24) is 5.32 Å². The summed E-state index contributed by atoms with van der Waals surface area (Å²) in [4.78, 5) is 21.4. The van der Waals surface area contributed by atoms with Crippen LogP contribution in [0.4, 0.5) is 10.1 Å². The molecule has 94 valence electrons. The van der Waals surface area contributed by atoms with Crippen LogP contribution in [-0.4, -0.2) is 23.5 Å². The highest BCUT2D eigenvalue weighted by Gasteiger charge is 2.11. The maximum Gasteiger partial charge on any atom is 0.337 e. The standard InChI is InChI=1S/C12H11FN2O3/c1-7(16)15-4-2-3-8-5-9(12(17)18)11(14)6-10(8)13/h5-6H,4,14H2,1H3,(H,15,16)(H,17,18). The molecule has 0 radical (unpaired) electrons. The molecule has 0 aliphatic rings. The van der Waals surface area contributed by atoms with E-state index in [0.29, 0.717) is 0 Å². The van der Waals surface area contributed by atoms with E-state index >= 15 is 0 Å². The molecular weight excluding hydrogens is 239 g/mol. The van der Waals surface area contributed by atoms with Crippen LogP contribution in [-0.2, 0) is 4.79 Å². The Morgan fingerprint density at radius 3 is 2.72 bits per heavy atom. The lowest BCUT2D eigenvalue weighted by atomic mass is 10.1. The van der Waals surface area contributed by atoms with E-state index in [9.17, 15) is 14.0 Å². The summed E-state index contributed by atoms with van der Waals surface area (Å²) in [6, 6.07) is 1.97. The normalized spacial score (nSPS) is 9.22. The third kappa shape index (κ3) is 3.49. The van der Waals surface area contributed by atoms with Crippen LogP contribution in [0.25, 0.3) is 0 Å². The van der Waals surface area contributed by atoms with Crippen LogP contribution >= 0.6 is 0 Å². The molecule has 0 unspecified atom stereocenters. The maximum absolute atomic E-state index is 13.4. The Hall–Kier alpha value is -2.55. The van der Waals surface area contributed by atoms with Crippen LogP contribution in [0.3, 0.4) is 0 Å². The van der Waals surface area contributed by atoms with Gasteiger partial charge in [-0.25, -0.2) is 9.18 Å². The second kappa shape index (κ2) is 5.68. The minimum absolute atomic E-state index is 0.0571. The fourth-order valence-corrected chi connectivity index (χ4v) is 1.18. The van der Waals surface area contributed by atoms with E-state index in [4.69, 9.17) is 10.8 Å². The van der Waals surface area contributed by atoms with E-state index in [2.05, 4.69) is 17.2 Å². The van der Waals surface area contributed by atoms with E-state index < -0.39 is 11.8 Å². The molecule has 0 aliphatic carbocycles. The van der Waals surface area contributed by atoms with Gasteiger partial charge < -0.3 is 16.2 Å². The summed E-state index contributed by atoms with van der Waals surface area (Å²) < 4.78 is 13.4. The van der Waals surface area contributed by atoms with Crippen LogP contribution in [0.15, 0.2) is 12.1 Å². The number of carboxylic acids is 1. The zero-order valence-electron chi connectivity index (χ0n) is 9.58. The molecular formula is C12H11FN2O3. The van der Waals surface area contributed by atoms with Crippen molar-refractivity contribution in [3.8, 4) is 11.8 Å². The molecule has 0 aliphatic heterocycles. The van der Waals surface area contributed by atoms with Gasteiger partial charge in [-0.2, -0.15) is 0 Å². The van der Waals surface area contributed by atoms with Gasteiger partial charge in [-0.15, -0.1) is 0 Å². The molecule has 0 spiro atoms. The number of hydrogen-bond donors (Lipinski definition) is 3. The quantitative estimate of drug-likeness (QED) is 0.529. The van der Waals surface area contributed by atoms with Crippen molar-refractivity contribution < 1.29 is 19.1 Å². The van der Waals surface area contributed by atoms with Crippen LogP contribution in [0.2, 0.25) is 0 Å². The summed E-state index contributed by atoms with van der Waals surface area (Å²) in [6.45, 7) is 1.38. The van der Waals surface area contributed by atoms with Gasteiger partial charge in [0, 0.05) is 12.6 Å². The molecule has 0 heterocycles. The van der Waals surface area contributed by atoms with Crippen molar-refractivity contribution in [2.24, 2.45) is 0 Å². The number of nitrogen functional groups attached to an aromatic ring is 1. The number of carboxylic acid groups (broad SMARTS) is 1. The SMILES string of the molecule is CC(=O)NCC#Cc1cc(C(=O)O)c(N)cc1F. The molecule has 1 aromatic carbocycles. The van der Waals surface area contributed by atoms with Crippen LogP contribution in [0.1, 0.15) is 22.8 Å². The van der Waals surface area contributed by atoms with Crippen LogP contribution in [0, 0.1) is 17.7 Å². The monoisotopic (exact) mass is 250 g/mol. The average Bonchev–Trinajstić information content (AvgIpc) is 2.25. The van der Waals surface area contributed by atoms with E-state index in [1.807, 2.05) is 0 Å². The number of benzene rings is 1. The van der Waals surface area contributed by atoms with Gasteiger partial charge in [0.25, 0.3) is 0 Å². The van der Waals surface area contributed by atoms with Crippen molar-refractivity contribution in [3.05, 3.63) is 29.1 Å². The molecule has 1 amide bonds. The lowest BCUT2D eigenvalue weighted by molar-refractivity contribution is -0.118. The first-order chi connectivity index (χ1) is 8.41. The number of halogens is 1. The summed E-state index contributed by atoms with van der Waals surface area (Å²) in [5.74, 6) is 2.73. The molecule has 0 saturated carbocycles. The van der Waals surface area contributed by atoms with Crippen LogP contribution < -0.4 is 11.1 Å². The number of carbonyl (C=O) groups excluding carboxylic acids is 1. The molecule has 1 rings (SSSR count). The number of nitrogens with two attached hydrogens (primary N) is 1. The summed E-state index contributed by atoms with van der Waals surface area (Å²) >= 11 is 0. The van der Waals surface area contributed by atoms with Gasteiger partial charge in [-0.3, -0.25) is 4.79 Å². The molecule has 0 aromatic heterocycles. The molecule has 0 atom stereocenters. The van der Waals surface area contributed by atoms with Gasteiger partial charge >= 0.3 is 5.97 Å². The predicted octanol–water partition coefficient (Wildman–Crippen LogP) is 0.594. The Morgan fingerprint density at radius 1 is 1.50 bits per heavy atom. The topological polar surface area (TPSA) is 92.4 Å². The van der Waals surface area contributed by atoms with Gasteiger partial charge in [0.05, 0.1) is 17.7 Å². The van der Waals surface area contributed by atoms with Gasteiger partial charge in [0.15, 0.2) is 0 Å². The predicted molar refractivity (Wildman–Crippen MR) is 63.3 cm³/mol. The van der Waals surface area contributed by atoms with E-state index in [-0.39, 0.29) is 29.3 Å². The fourth-order valence-electron chi connectivity index (χ4n) is 1.18. The van der Waals surface area contributed by atoms with E-state index in [1.54, 1.807) is 0 Å². The van der Waals surface area contributed by atoms with Gasteiger partial charge in [-0.05, 0) is 12.1 Å². The molecule has 0 bridgehead atoms. The highest BCUT2D eigenvalue weighted by molar-refractivity contribution is 5.94.